The Morgan fingerprint density at radius 3 is 2.11 bits per heavy atom. The lowest BCUT2D eigenvalue weighted by atomic mass is 10.1. The number of rotatable bonds is 5. The zero-order valence-corrected chi connectivity index (χ0v) is 15.1. The van der Waals surface area contributed by atoms with E-state index in [1.54, 1.807) is 30.3 Å². The molecule has 0 aromatic heterocycles. The molecule has 1 saturated heterocycles. The minimum atomic E-state index is -3.67. The Balaban J connectivity index is 1.54. The number of hydrogen-bond donors (Lipinski definition) is 5. The lowest BCUT2D eigenvalue weighted by Gasteiger charge is -2.13. The standard InChI is InChI=1S/C19H19N5O2S/c25-27(26,18-11-9-15(10-12-18)14-5-2-1-3-6-14)22-17-8-4-7-16(13-17)19-20-23-24-21-19/h1-13,19-24H. The number of hydrazine groups is 3. The molecule has 8 heteroatoms. The van der Waals surface area contributed by atoms with Crippen LogP contribution in [-0.4, -0.2) is 8.42 Å². The highest BCUT2D eigenvalue weighted by molar-refractivity contribution is 7.92. The van der Waals surface area contributed by atoms with E-state index in [0.29, 0.717) is 5.69 Å². The summed E-state index contributed by atoms with van der Waals surface area (Å²) in [5.41, 5.74) is 14.8. The molecule has 3 aromatic carbocycles. The van der Waals surface area contributed by atoms with Crippen LogP contribution in [0.4, 0.5) is 5.69 Å². The summed E-state index contributed by atoms with van der Waals surface area (Å²) in [7, 11) is -3.67. The molecule has 1 aliphatic rings. The van der Waals surface area contributed by atoms with Crippen molar-refractivity contribution in [2.45, 2.75) is 11.1 Å². The highest BCUT2D eigenvalue weighted by Crippen LogP contribution is 2.23. The van der Waals surface area contributed by atoms with Crippen LogP contribution in [0.2, 0.25) is 0 Å². The Morgan fingerprint density at radius 1 is 0.741 bits per heavy atom. The molecule has 1 heterocycles. The molecule has 4 rings (SSSR count). The molecule has 27 heavy (non-hydrogen) atoms. The van der Waals surface area contributed by atoms with Crippen LogP contribution in [0.5, 0.6) is 0 Å². The molecule has 0 bridgehead atoms. The van der Waals surface area contributed by atoms with Crippen molar-refractivity contribution in [3.8, 4) is 11.1 Å². The second kappa shape index (κ2) is 7.47. The van der Waals surface area contributed by atoms with E-state index >= 15 is 0 Å². The van der Waals surface area contributed by atoms with Crippen LogP contribution in [0.1, 0.15) is 11.7 Å². The van der Waals surface area contributed by atoms with Gasteiger partial charge in [-0.1, -0.05) is 54.6 Å². The van der Waals surface area contributed by atoms with Gasteiger partial charge in [-0.3, -0.25) is 4.72 Å². The van der Waals surface area contributed by atoms with Crippen LogP contribution >= 0.6 is 0 Å². The van der Waals surface area contributed by atoms with E-state index in [-0.39, 0.29) is 11.1 Å². The Hall–Kier alpha value is -2.75. The van der Waals surface area contributed by atoms with Crippen molar-refractivity contribution in [1.82, 2.24) is 21.9 Å². The number of anilines is 1. The Kier molecular flexibility index (Phi) is 4.88. The normalized spacial score (nSPS) is 15.0. The molecular weight excluding hydrogens is 362 g/mol. The van der Waals surface area contributed by atoms with Crippen molar-refractivity contribution < 1.29 is 8.42 Å². The number of hydrogen-bond acceptors (Lipinski definition) is 6. The first-order chi connectivity index (χ1) is 13.1. The van der Waals surface area contributed by atoms with E-state index in [1.807, 2.05) is 48.5 Å². The zero-order chi connectivity index (χ0) is 18.7. The van der Waals surface area contributed by atoms with Gasteiger partial charge >= 0.3 is 0 Å². The third kappa shape index (κ3) is 4.00. The van der Waals surface area contributed by atoms with Gasteiger partial charge < -0.3 is 0 Å². The summed E-state index contributed by atoms with van der Waals surface area (Å²) in [6.07, 6.45) is -0.167. The molecule has 0 radical (unpaired) electrons. The van der Waals surface area contributed by atoms with Crippen LogP contribution in [0, 0.1) is 0 Å². The first kappa shape index (κ1) is 17.7. The van der Waals surface area contributed by atoms with Crippen LogP contribution in [0.3, 0.4) is 0 Å². The smallest absolute Gasteiger partial charge is 0.261 e. The Bertz CT molecular complexity index is 1020. The molecule has 138 valence electrons. The predicted octanol–water partition coefficient (Wildman–Crippen LogP) is 2.27. The van der Waals surface area contributed by atoms with Crippen LogP contribution in [0.15, 0.2) is 83.8 Å². The molecule has 0 atom stereocenters. The number of sulfonamides is 1. The van der Waals surface area contributed by atoms with Crippen molar-refractivity contribution in [3.05, 3.63) is 84.4 Å². The van der Waals surface area contributed by atoms with Gasteiger partial charge in [-0.05, 0) is 41.0 Å². The van der Waals surface area contributed by atoms with Gasteiger partial charge in [0.05, 0.1) is 4.90 Å². The summed E-state index contributed by atoms with van der Waals surface area (Å²) < 4.78 is 28.1. The molecule has 0 spiro atoms. The van der Waals surface area contributed by atoms with Crippen molar-refractivity contribution in [3.63, 3.8) is 0 Å². The van der Waals surface area contributed by atoms with Gasteiger partial charge in [-0.25, -0.2) is 19.3 Å². The summed E-state index contributed by atoms with van der Waals surface area (Å²) in [4.78, 5) is 0.216. The average molecular weight is 381 g/mol. The van der Waals surface area contributed by atoms with Crippen molar-refractivity contribution in [1.29, 1.82) is 0 Å². The van der Waals surface area contributed by atoms with Gasteiger partial charge in [-0.2, -0.15) is 11.1 Å². The fourth-order valence-electron chi connectivity index (χ4n) is 2.87. The fourth-order valence-corrected chi connectivity index (χ4v) is 3.92. The van der Waals surface area contributed by atoms with Crippen LogP contribution in [-0.2, 0) is 10.0 Å². The second-order valence-electron chi connectivity index (χ2n) is 6.09. The topological polar surface area (TPSA) is 94.3 Å². The van der Waals surface area contributed by atoms with E-state index in [4.69, 9.17) is 0 Å². The maximum absolute atomic E-state index is 12.7. The van der Waals surface area contributed by atoms with E-state index in [0.717, 1.165) is 16.7 Å². The molecular formula is C19H19N5O2S. The molecule has 1 fully saturated rings. The van der Waals surface area contributed by atoms with E-state index < -0.39 is 10.0 Å². The summed E-state index contributed by atoms with van der Waals surface area (Å²) in [5, 5.41) is 0. The predicted molar refractivity (Wildman–Crippen MR) is 104 cm³/mol. The minimum absolute atomic E-state index is 0.167. The lowest BCUT2D eigenvalue weighted by Crippen LogP contribution is -2.33. The molecule has 3 aromatic rings. The van der Waals surface area contributed by atoms with Crippen LogP contribution < -0.4 is 26.6 Å². The number of benzene rings is 3. The average Bonchev–Trinajstić information content (AvgIpc) is 3.24. The summed E-state index contributed by atoms with van der Waals surface area (Å²) in [6.45, 7) is 0. The molecule has 5 N–H and O–H groups in total. The summed E-state index contributed by atoms with van der Waals surface area (Å²) >= 11 is 0. The Morgan fingerprint density at radius 2 is 1.41 bits per heavy atom. The lowest BCUT2D eigenvalue weighted by molar-refractivity contribution is 0.555. The molecule has 0 aliphatic carbocycles. The second-order valence-corrected chi connectivity index (χ2v) is 7.78. The van der Waals surface area contributed by atoms with E-state index in [1.165, 1.54) is 0 Å². The monoisotopic (exact) mass is 381 g/mol. The highest BCUT2D eigenvalue weighted by atomic mass is 32.2. The maximum Gasteiger partial charge on any atom is 0.261 e. The third-order valence-corrected chi connectivity index (χ3v) is 5.64. The van der Waals surface area contributed by atoms with Crippen molar-refractivity contribution in [2.24, 2.45) is 0 Å². The quantitative estimate of drug-likeness (QED) is 0.466. The van der Waals surface area contributed by atoms with Gasteiger partial charge in [0, 0.05) is 5.69 Å². The molecule has 7 nitrogen and oxygen atoms in total. The minimum Gasteiger partial charge on any atom is -0.280 e. The summed E-state index contributed by atoms with van der Waals surface area (Å²) in [6, 6.07) is 23.9. The maximum atomic E-state index is 12.7. The SMILES string of the molecule is O=S(=O)(Nc1cccc(C2NNNN2)c1)c1ccc(-c2ccccc2)cc1. The first-order valence-corrected chi connectivity index (χ1v) is 9.89. The van der Waals surface area contributed by atoms with E-state index in [9.17, 15) is 8.42 Å². The van der Waals surface area contributed by atoms with Crippen molar-refractivity contribution in [2.75, 3.05) is 4.72 Å². The fraction of sp³-hybridized carbons (Fsp3) is 0.0526. The molecule has 0 unspecified atom stereocenters. The molecule has 0 saturated carbocycles. The van der Waals surface area contributed by atoms with Gasteiger partial charge in [0.25, 0.3) is 10.0 Å². The van der Waals surface area contributed by atoms with Gasteiger partial charge in [-0.15, -0.1) is 0 Å². The third-order valence-electron chi connectivity index (χ3n) is 4.24. The van der Waals surface area contributed by atoms with Gasteiger partial charge in [0.15, 0.2) is 0 Å². The molecule has 0 amide bonds. The van der Waals surface area contributed by atoms with Crippen molar-refractivity contribution >= 4 is 15.7 Å². The Labute approximate surface area is 157 Å². The highest BCUT2D eigenvalue weighted by Gasteiger charge is 2.17. The van der Waals surface area contributed by atoms with Gasteiger partial charge in [0.2, 0.25) is 0 Å². The van der Waals surface area contributed by atoms with Gasteiger partial charge in [0.1, 0.15) is 6.17 Å². The largest absolute Gasteiger partial charge is 0.280 e. The van der Waals surface area contributed by atoms with E-state index in [2.05, 4.69) is 26.6 Å². The number of nitrogens with one attached hydrogen (secondary N) is 5. The first-order valence-electron chi connectivity index (χ1n) is 8.41. The zero-order valence-electron chi connectivity index (χ0n) is 14.3. The van der Waals surface area contributed by atoms with Crippen LogP contribution in [0.25, 0.3) is 11.1 Å². The summed E-state index contributed by atoms with van der Waals surface area (Å²) in [5.74, 6) is 0. The molecule has 1 aliphatic heterocycles.